The van der Waals surface area contributed by atoms with Gasteiger partial charge in [-0.15, -0.1) is 0 Å². The van der Waals surface area contributed by atoms with Gasteiger partial charge in [0.05, 0.1) is 38.1 Å². The Kier molecular flexibility index (Phi) is 17.7. The second-order valence-corrected chi connectivity index (χ2v) is 20.4. The summed E-state index contributed by atoms with van der Waals surface area (Å²) in [4.78, 5) is 22.8. The van der Waals surface area contributed by atoms with Crippen molar-refractivity contribution in [3.8, 4) is 33.8 Å². The first-order chi connectivity index (χ1) is 31.6. The molecule has 346 valence electrons. The van der Waals surface area contributed by atoms with Gasteiger partial charge in [-0.25, -0.2) is 26.4 Å². The molecule has 0 aliphatic carbocycles. The van der Waals surface area contributed by atoms with E-state index in [0.717, 1.165) is 48.2 Å². The molecule has 12 nitrogen and oxygen atoms in total. The predicted molar refractivity (Wildman–Crippen MR) is 257 cm³/mol. The SMILES string of the molecule is COC(=O)c1ccc(OC2CCNCC2)c(Cl)c1.O=C(O)c1ccc(OC2CCN(S(=O)(=O)c3ccc(-c4ccccc4)cc3)CC2)c(Cl)c1.O=S(=O)(Cl)c1ccc(-c2ccccc2)cc1. The van der Waals surface area contributed by atoms with E-state index in [-0.39, 0.29) is 32.6 Å². The van der Waals surface area contributed by atoms with Crippen molar-refractivity contribution in [1.29, 1.82) is 0 Å². The van der Waals surface area contributed by atoms with Crippen molar-refractivity contribution in [3.05, 3.63) is 167 Å². The number of aromatic carboxylic acids is 1. The van der Waals surface area contributed by atoms with Gasteiger partial charge in [-0.1, -0.05) is 108 Å². The minimum Gasteiger partial charge on any atom is -0.489 e. The highest BCUT2D eigenvalue weighted by atomic mass is 35.7. The Balaban J connectivity index is 0.000000179. The molecule has 0 aromatic heterocycles. The summed E-state index contributed by atoms with van der Waals surface area (Å²) in [6.45, 7) is 2.58. The summed E-state index contributed by atoms with van der Waals surface area (Å²) >= 11 is 12.2. The predicted octanol–water partition coefficient (Wildman–Crippen LogP) is 10.5. The number of piperidine rings is 2. The van der Waals surface area contributed by atoms with E-state index in [1.165, 1.54) is 41.7 Å². The number of hydrogen-bond donors (Lipinski definition) is 2. The van der Waals surface area contributed by atoms with E-state index in [9.17, 15) is 26.4 Å². The van der Waals surface area contributed by atoms with Gasteiger partial charge in [-0.3, -0.25) is 0 Å². The van der Waals surface area contributed by atoms with Crippen molar-refractivity contribution in [2.45, 2.75) is 47.7 Å². The Morgan fingerprint density at radius 1 is 0.591 bits per heavy atom. The van der Waals surface area contributed by atoms with E-state index < -0.39 is 31.0 Å². The van der Waals surface area contributed by atoms with Gasteiger partial charge < -0.3 is 24.6 Å². The Labute approximate surface area is 399 Å². The third-order valence-electron chi connectivity index (χ3n) is 10.6. The molecule has 0 unspecified atom stereocenters. The molecular formula is C49H47Cl3N2O10S2. The fourth-order valence-electron chi connectivity index (χ4n) is 7.07. The number of carboxylic acids is 1. The van der Waals surface area contributed by atoms with Gasteiger partial charge >= 0.3 is 11.9 Å². The van der Waals surface area contributed by atoms with Gasteiger partial charge in [0.15, 0.2) is 0 Å². The van der Waals surface area contributed by atoms with Gasteiger partial charge in [0, 0.05) is 23.8 Å². The van der Waals surface area contributed by atoms with E-state index in [0.29, 0.717) is 48.0 Å². The van der Waals surface area contributed by atoms with Crippen LogP contribution >= 0.6 is 33.9 Å². The minimum absolute atomic E-state index is 0.0848. The van der Waals surface area contributed by atoms with Gasteiger partial charge in [0.1, 0.15) is 23.7 Å². The maximum atomic E-state index is 13.1. The lowest BCUT2D eigenvalue weighted by Crippen LogP contribution is -2.41. The number of halogens is 3. The van der Waals surface area contributed by atoms with Crippen LogP contribution in [0, 0.1) is 0 Å². The second-order valence-electron chi connectivity index (χ2n) is 15.1. The highest BCUT2D eigenvalue weighted by Gasteiger charge is 2.30. The fourth-order valence-corrected chi connectivity index (χ4v) is 9.76. The van der Waals surface area contributed by atoms with Crippen molar-refractivity contribution < 1.29 is 45.7 Å². The molecule has 2 aliphatic heterocycles. The molecule has 17 heteroatoms. The molecule has 0 radical (unpaired) electrons. The molecule has 66 heavy (non-hydrogen) atoms. The maximum absolute atomic E-state index is 13.1. The first kappa shape index (κ1) is 50.0. The Hall–Kier alpha value is -5.45. The number of sulfonamides is 1. The first-order valence-electron chi connectivity index (χ1n) is 20.8. The van der Waals surface area contributed by atoms with Crippen molar-refractivity contribution in [2.24, 2.45) is 0 Å². The van der Waals surface area contributed by atoms with Crippen molar-refractivity contribution in [3.63, 3.8) is 0 Å². The molecule has 0 atom stereocenters. The average Bonchev–Trinajstić information content (AvgIpc) is 3.34. The van der Waals surface area contributed by atoms with Crippen molar-refractivity contribution in [2.75, 3.05) is 33.3 Å². The number of carboxylic acid groups (broad SMARTS) is 1. The molecule has 6 aromatic carbocycles. The van der Waals surface area contributed by atoms with Crippen LogP contribution in [0.4, 0.5) is 0 Å². The summed E-state index contributed by atoms with van der Waals surface area (Å²) in [5, 5.41) is 13.0. The fraction of sp³-hybridized carbons (Fsp3) is 0.224. The topological polar surface area (TPSA) is 166 Å². The van der Waals surface area contributed by atoms with Crippen molar-refractivity contribution in [1.82, 2.24) is 9.62 Å². The zero-order valence-corrected chi connectivity index (χ0v) is 39.6. The highest BCUT2D eigenvalue weighted by Crippen LogP contribution is 2.31. The molecule has 8 rings (SSSR count). The maximum Gasteiger partial charge on any atom is 0.337 e. The number of esters is 1. The zero-order chi connectivity index (χ0) is 47.3. The Morgan fingerprint density at radius 3 is 1.45 bits per heavy atom. The van der Waals surface area contributed by atoms with Crippen LogP contribution in [0.1, 0.15) is 46.4 Å². The summed E-state index contributed by atoms with van der Waals surface area (Å²) < 4.78 is 66.1. The third kappa shape index (κ3) is 13.8. The van der Waals surface area contributed by atoms with Crippen LogP contribution in [-0.2, 0) is 23.8 Å². The Morgan fingerprint density at radius 2 is 1.02 bits per heavy atom. The number of nitrogens with zero attached hydrogens (tertiary/aromatic N) is 1. The molecule has 0 spiro atoms. The molecule has 2 aliphatic rings. The summed E-state index contributed by atoms with van der Waals surface area (Å²) in [5.41, 5.74) is 4.51. The highest BCUT2D eigenvalue weighted by molar-refractivity contribution is 8.13. The number of benzene rings is 6. The molecule has 2 heterocycles. The van der Waals surface area contributed by atoms with Gasteiger partial charge in [0.2, 0.25) is 10.0 Å². The zero-order valence-electron chi connectivity index (χ0n) is 35.7. The van der Waals surface area contributed by atoms with Gasteiger partial charge in [-0.2, -0.15) is 4.31 Å². The van der Waals surface area contributed by atoms with Gasteiger partial charge in [0.25, 0.3) is 9.05 Å². The normalized spacial score (nSPS) is 14.7. The lowest BCUT2D eigenvalue weighted by Gasteiger charge is -2.31. The molecule has 0 bridgehead atoms. The van der Waals surface area contributed by atoms with E-state index in [1.54, 1.807) is 42.5 Å². The summed E-state index contributed by atoms with van der Waals surface area (Å²) in [5.74, 6) is -0.440. The van der Waals surface area contributed by atoms with Crippen LogP contribution < -0.4 is 14.8 Å². The standard InChI is InChI=1S/C24H22ClNO5S.C13H16ClNO3.C12H9ClO2S/c25-22-16-19(24(27)28)8-11-23(22)31-20-12-14-26(15-13-20)32(29,30)21-9-6-18(7-10-21)17-4-2-1-3-5-17;1-17-13(16)9-2-3-12(11(14)8-9)18-10-4-6-15-7-5-10;13-16(14,15)12-8-6-11(7-9-12)10-4-2-1-3-5-10/h1-11,16,20H,12-15H2,(H,27,28);2-3,8,10,15H,4-7H2,1H3;1-9H. The number of carbonyl (C=O) groups is 2. The van der Waals surface area contributed by atoms with Crippen LogP contribution in [0.2, 0.25) is 10.0 Å². The second kappa shape index (κ2) is 23.3. The van der Waals surface area contributed by atoms with Crippen LogP contribution in [-0.4, -0.2) is 83.7 Å². The largest absolute Gasteiger partial charge is 0.489 e. The number of rotatable bonds is 11. The minimum atomic E-state index is -3.63. The monoisotopic (exact) mass is 992 g/mol. The molecule has 0 saturated carbocycles. The molecule has 2 N–H and O–H groups in total. The molecule has 0 amide bonds. The van der Waals surface area contributed by atoms with Crippen LogP contribution in [0.15, 0.2) is 155 Å². The number of nitrogens with one attached hydrogen (secondary N) is 1. The Bertz CT molecular complexity index is 2790. The van der Waals surface area contributed by atoms with Crippen LogP contribution in [0.3, 0.4) is 0 Å². The first-order valence-corrected chi connectivity index (χ1v) is 25.3. The number of ether oxygens (including phenoxy) is 3. The van der Waals surface area contributed by atoms with Crippen LogP contribution in [0.5, 0.6) is 11.5 Å². The average molecular weight is 994 g/mol. The van der Waals surface area contributed by atoms with E-state index in [2.05, 4.69) is 10.1 Å². The van der Waals surface area contributed by atoms with Crippen LogP contribution in [0.25, 0.3) is 22.3 Å². The number of hydrogen-bond acceptors (Lipinski definition) is 10. The van der Waals surface area contributed by atoms with E-state index in [1.807, 2.05) is 72.8 Å². The molecular weight excluding hydrogens is 947 g/mol. The summed E-state index contributed by atoms with van der Waals surface area (Å²) in [6, 6.07) is 42.2. The summed E-state index contributed by atoms with van der Waals surface area (Å²) in [6.07, 6.45) is 2.95. The van der Waals surface area contributed by atoms with Crippen molar-refractivity contribution >= 4 is 64.9 Å². The molecule has 6 aromatic rings. The number of methoxy groups -OCH3 is 1. The smallest absolute Gasteiger partial charge is 0.337 e. The summed E-state index contributed by atoms with van der Waals surface area (Å²) in [7, 11) is -0.652. The lowest BCUT2D eigenvalue weighted by atomic mass is 10.1. The van der Waals surface area contributed by atoms with E-state index >= 15 is 0 Å². The molecule has 2 fully saturated rings. The third-order valence-corrected chi connectivity index (χ3v) is 14.5. The number of carbonyl (C=O) groups excluding carboxylic acids is 1. The van der Waals surface area contributed by atoms with E-state index in [4.69, 9.17) is 48.5 Å². The lowest BCUT2D eigenvalue weighted by molar-refractivity contribution is 0.0599. The molecule has 2 saturated heterocycles. The quantitative estimate of drug-likeness (QED) is 0.0937. The van der Waals surface area contributed by atoms with Gasteiger partial charge in [-0.05, 0) is 122 Å².